The zero-order chi connectivity index (χ0) is 26.9. The Balaban J connectivity index is 1.56. The third-order valence-corrected chi connectivity index (χ3v) is 8.44. The minimum absolute atomic E-state index is 0.0714. The van der Waals surface area contributed by atoms with Crippen LogP contribution in [0.1, 0.15) is 51.3 Å². The van der Waals surface area contributed by atoms with Gasteiger partial charge in [0.15, 0.2) is 0 Å². The first-order chi connectivity index (χ1) is 18.7. The highest BCUT2D eigenvalue weighted by Crippen LogP contribution is 2.55. The molecule has 0 fully saturated rings. The van der Waals surface area contributed by atoms with E-state index in [1.165, 1.54) is 33.5 Å². The summed E-state index contributed by atoms with van der Waals surface area (Å²) >= 11 is 0. The van der Waals surface area contributed by atoms with Crippen LogP contribution >= 0.6 is 0 Å². The molecule has 2 nitrogen and oxygen atoms in total. The molecule has 1 aliphatic rings. The van der Waals surface area contributed by atoms with Crippen molar-refractivity contribution in [3.05, 3.63) is 126 Å². The van der Waals surface area contributed by atoms with Gasteiger partial charge in [0, 0.05) is 22.1 Å². The summed E-state index contributed by atoms with van der Waals surface area (Å²) in [4.78, 5) is 2.44. The summed E-state index contributed by atoms with van der Waals surface area (Å²) in [5.74, 6) is 0. The van der Waals surface area contributed by atoms with Gasteiger partial charge < -0.3 is 9.32 Å². The molecule has 0 saturated heterocycles. The Bertz CT molecular complexity index is 1860. The van der Waals surface area contributed by atoms with Crippen molar-refractivity contribution in [2.45, 2.75) is 45.4 Å². The van der Waals surface area contributed by atoms with Crippen LogP contribution in [0, 0.1) is 0 Å². The first kappa shape index (κ1) is 23.8. The molecule has 0 aliphatic heterocycles. The topological polar surface area (TPSA) is 16.4 Å². The smallest absolute Gasteiger partial charge is 0.137 e. The van der Waals surface area contributed by atoms with E-state index in [1.54, 1.807) is 0 Å². The summed E-state index contributed by atoms with van der Waals surface area (Å²) in [7, 11) is 0. The van der Waals surface area contributed by atoms with Crippen LogP contribution in [-0.2, 0) is 10.8 Å². The number of hydrogen-bond donors (Lipinski definition) is 0. The Labute approximate surface area is 230 Å². The number of anilines is 3. The van der Waals surface area contributed by atoms with Crippen molar-refractivity contribution in [2.24, 2.45) is 0 Å². The number of benzene rings is 5. The van der Waals surface area contributed by atoms with Gasteiger partial charge in [-0.05, 0) is 64.1 Å². The molecule has 1 aliphatic carbocycles. The van der Waals surface area contributed by atoms with Crippen LogP contribution in [0.25, 0.3) is 33.1 Å². The standard InChI is InChI=1S/C37H33NO/c1-36(2,3)24-20-22-25(23-21-24)38(31-17-11-19-33-35(31)27-13-7-9-18-32(27)39-33)30-16-10-15-29-34(30)26-12-6-8-14-28(26)37(29,4)5/h6-23H,1-5H3. The second kappa shape index (κ2) is 8.35. The van der Waals surface area contributed by atoms with Crippen LogP contribution in [0.2, 0.25) is 0 Å². The molecule has 2 heteroatoms. The van der Waals surface area contributed by atoms with Crippen LogP contribution < -0.4 is 4.90 Å². The van der Waals surface area contributed by atoms with E-state index in [1.807, 2.05) is 6.07 Å². The molecule has 0 radical (unpaired) electrons. The molecular formula is C37H33NO. The van der Waals surface area contributed by atoms with Gasteiger partial charge in [-0.3, -0.25) is 0 Å². The second-order valence-electron chi connectivity index (χ2n) is 12.3. The zero-order valence-electron chi connectivity index (χ0n) is 23.2. The minimum Gasteiger partial charge on any atom is -0.456 e. The molecule has 0 saturated carbocycles. The molecule has 0 N–H and O–H groups in total. The first-order valence-electron chi connectivity index (χ1n) is 13.8. The van der Waals surface area contributed by atoms with Crippen molar-refractivity contribution in [1.29, 1.82) is 0 Å². The van der Waals surface area contributed by atoms with Crippen molar-refractivity contribution < 1.29 is 4.42 Å². The van der Waals surface area contributed by atoms with Crippen molar-refractivity contribution >= 4 is 39.0 Å². The molecule has 0 atom stereocenters. The van der Waals surface area contributed by atoms with Crippen molar-refractivity contribution in [2.75, 3.05) is 4.90 Å². The summed E-state index contributed by atoms with van der Waals surface area (Å²) in [6, 6.07) is 39.5. The number of hydrogen-bond acceptors (Lipinski definition) is 2. The Morgan fingerprint density at radius 1 is 0.615 bits per heavy atom. The fourth-order valence-electron chi connectivity index (χ4n) is 6.38. The fourth-order valence-corrected chi connectivity index (χ4v) is 6.38. The summed E-state index contributed by atoms with van der Waals surface area (Å²) in [6.45, 7) is 11.5. The van der Waals surface area contributed by atoms with Gasteiger partial charge >= 0.3 is 0 Å². The van der Waals surface area contributed by atoms with E-state index in [9.17, 15) is 0 Å². The molecule has 5 aromatic carbocycles. The van der Waals surface area contributed by atoms with E-state index in [2.05, 4.69) is 143 Å². The third kappa shape index (κ3) is 3.55. The average Bonchev–Trinajstić information content (AvgIpc) is 3.43. The predicted octanol–water partition coefficient (Wildman–Crippen LogP) is 10.7. The summed E-state index contributed by atoms with van der Waals surface area (Å²) in [5.41, 5.74) is 12.0. The van der Waals surface area contributed by atoms with Gasteiger partial charge in [0.1, 0.15) is 11.2 Å². The molecule has 0 amide bonds. The van der Waals surface area contributed by atoms with Crippen molar-refractivity contribution in [3.8, 4) is 11.1 Å². The number of nitrogens with zero attached hydrogens (tertiary/aromatic N) is 1. The Morgan fingerprint density at radius 2 is 1.26 bits per heavy atom. The van der Waals surface area contributed by atoms with Crippen LogP contribution in [0.5, 0.6) is 0 Å². The molecule has 0 unspecified atom stereocenters. The molecule has 1 aromatic heterocycles. The zero-order valence-corrected chi connectivity index (χ0v) is 23.2. The highest BCUT2D eigenvalue weighted by atomic mass is 16.3. The lowest BCUT2D eigenvalue weighted by atomic mass is 9.82. The molecule has 1 heterocycles. The fraction of sp³-hybridized carbons (Fsp3) is 0.189. The summed E-state index contributed by atoms with van der Waals surface area (Å²) < 4.78 is 6.33. The Hall–Kier alpha value is -4.30. The van der Waals surface area contributed by atoms with Crippen LogP contribution in [0.3, 0.4) is 0 Å². The van der Waals surface area contributed by atoms with E-state index in [-0.39, 0.29) is 10.8 Å². The van der Waals surface area contributed by atoms with Crippen molar-refractivity contribution in [3.63, 3.8) is 0 Å². The minimum atomic E-state index is -0.0714. The van der Waals surface area contributed by atoms with Gasteiger partial charge in [-0.15, -0.1) is 0 Å². The molecule has 39 heavy (non-hydrogen) atoms. The van der Waals surface area contributed by atoms with E-state index < -0.39 is 0 Å². The van der Waals surface area contributed by atoms with Gasteiger partial charge in [-0.1, -0.05) is 107 Å². The van der Waals surface area contributed by atoms with Crippen molar-refractivity contribution in [1.82, 2.24) is 0 Å². The van der Waals surface area contributed by atoms with Gasteiger partial charge in [-0.2, -0.15) is 0 Å². The van der Waals surface area contributed by atoms with Crippen LogP contribution in [0.4, 0.5) is 17.1 Å². The van der Waals surface area contributed by atoms with Crippen LogP contribution in [-0.4, -0.2) is 0 Å². The molecule has 0 bridgehead atoms. The maximum absolute atomic E-state index is 6.33. The number of rotatable bonds is 3. The predicted molar refractivity (Wildman–Crippen MR) is 165 cm³/mol. The number of fused-ring (bicyclic) bond motifs is 6. The van der Waals surface area contributed by atoms with Crippen LogP contribution in [0.15, 0.2) is 114 Å². The van der Waals surface area contributed by atoms with Gasteiger partial charge in [-0.25, -0.2) is 0 Å². The second-order valence-corrected chi connectivity index (χ2v) is 12.3. The molecule has 0 spiro atoms. The quantitative estimate of drug-likeness (QED) is 0.237. The molecular weight excluding hydrogens is 474 g/mol. The van der Waals surface area contributed by atoms with E-state index in [0.717, 1.165) is 33.3 Å². The summed E-state index contributed by atoms with van der Waals surface area (Å²) in [5, 5.41) is 2.27. The Morgan fingerprint density at radius 3 is 2.05 bits per heavy atom. The highest BCUT2D eigenvalue weighted by Gasteiger charge is 2.38. The number of para-hydroxylation sites is 1. The lowest BCUT2D eigenvalue weighted by Crippen LogP contribution is -2.16. The lowest BCUT2D eigenvalue weighted by molar-refractivity contribution is 0.590. The highest BCUT2D eigenvalue weighted by molar-refractivity contribution is 6.14. The van der Waals surface area contributed by atoms with E-state index in [0.29, 0.717) is 0 Å². The molecule has 6 aromatic rings. The normalized spacial score (nSPS) is 14.0. The summed E-state index contributed by atoms with van der Waals surface area (Å²) in [6.07, 6.45) is 0. The SMILES string of the molecule is CC(C)(C)c1ccc(N(c2cccc3c2-c2ccccc2C3(C)C)c2cccc3oc4ccccc4c23)cc1. The van der Waals surface area contributed by atoms with E-state index in [4.69, 9.17) is 4.42 Å². The molecule has 192 valence electrons. The Kier molecular flexibility index (Phi) is 5.09. The van der Waals surface area contributed by atoms with Gasteiger partial charge in [0.05, 0.1) is 16.8 Å². The largest absolute Gasteiger partial charge is 0.456 e. The lowest BCUT2D eigenvalue weighted by Gasteiger charge is -2.30. The number of furan rings is 1. The maximum Gasteiger partial charge on any atom is 0.137 e. The molecule has 7 rings (SSSR count). The van der Waals surface area contributed by atoms with Gasteiger partial charge in [0.2, 0.25) is 0 Å². The maximum atomic E-state index is 6.33. The first-order valence-corrected chi connectivity index (χ1v) is 13.8. The third-order valence-electron chi connectivity index (χ3n) is 8.44. The van der Waals surface area contributed by atoms with Gasteiger partial charge in [0.25, 0.3) is 0 Å². The average molecular weight is 508 g/mol. The van der Waals surface area contributed by atoms with E-state index >= 15 is 0 Å². The monoisotopic (exact) mass is 507 g/mol.